The zero-order chi connectivity index (χ0) is 14.2. The summed E-state index contributed by atoms with van der Waals surface area (Å²) in [6.45, 7) is 7.53. The molecule has 0 aliphatic rings. The summed E-state index contributed by atoms with van der Waals surface area (Å²) >= 11 is 0. The second-order valence-electron chi connectivity index (χ2n) is 5.14. The zero-order valence-corrected chi connectivity index (χ0v) is 12.6. The molecule has 0 unspecified atom stereocenters. The lowest BCUT2D eigenvalue weighted by molar-refractivity contribution is -0.128. The summed E-state index contributed by atoms with van der Waals surface area (Å²) in [5.74, 6) is 0.863. The van der Waals surface area contributed by atoms with Gasteiger partial charge in [0, 0.05) is 34.2 Å². The highest BCUT2D eigenvalue weighted by Crippen LogP contribution is 2.13. The molecule has 0 aromatic rings. The molecule has 0 aromatic heterocycles. The van der Waals surface area contributed by atoms with Crippen molar-refractivity contribution in [3.63, 3.8) is 0 Å². The summed E-state index contributed by atoms with van der Waals surface area (Å²) in [6.07, 6.45) is 2.29. The minimum atomic E-state index is -0.448. The third-order valence-electron chi connectivity index (χ3n) is 2.95. The van der Waals surface area contributed by atoms with Gasteiger partial charge in [-0.3, -0.25) is 9.79 Å². The van der Waals surface area contributed by atoms with Crippen LogP contribution in [0.15, 0.2) is 4.99 Å². The molecule has 0 radical (unpaired) electrons. The van der Waals surface area contributed by atoms with Gasteiger partial charge in [-0.15, -0.1) is 0 Å². The molecule has 0 fully saturated rings. The van der Waals surface area contributed by atoms with Crippen LogP contribution in [0.2, 0.25) is 0 Å². The summed E-state index contributed by atoms with van der Waals surface area (Å²) in [5, 5.41) is 5.93. The van der Waals surface area contributed by atoms with Crippen LogP contribution >= 0.6 is 0 Å². The fourth-order valence-corrected chi connectivity index (χ4v) is 1.60. The maximum absolute atomic E-state index is 11.7. The number of nitrogens with one attached hydrogen (secondary N) is 2. The highest BCUT2D eigenvalue weighted by Gasteiger charge is 2.26. The summed E-state index contributed by atoms with van der Waals surface area (Å²) in [4.78, 5) is 18.0. The molecular weight excluding hydrogens is 228 g/mol. The van der Waals surface area contributed by atoms with Gasteiger partial charge in [0.25, 0.3) is 0 Å². The van der Waals surface area contributed by atoms with Crippen LogP contribution < -0.4 is 10.6 Å². The number of guanidine groups is 1. The van der Waals surface area contributed by atoms with E-state index in [4.69, 9.17) is 0 Å². The zero-order valence-electron chi connectivity index (χ0n) is 12.6. The molecule has 0 atom stereocenters. The molecule has 106 valence electrons. The number of carbonyl (C=O) groups excluding carboxylic acids is 1. The number of carbonyl (C=O) groups is 1. The minimum absolute atomic E-state index is 0.0293. The molecule has 0 bridgehead atoms. The van der Waals surface area contributed by atoms with Gasteiger partial charge in [-0.1, -0.05) is 13.3 Å². The largest absolute Gasteiger partial charge is 0.359 e. The molecule has 0 heterocycles. The molecule has 0 aliphatic carbocycles. The Morgan fingerprint density at radius 2 is 2.00 bits per heavy atom. The molecule has 1 amide bonds. The van der Waals surface area contributed by atoms with E-state index >= 15 is 0 Å². The van der Waals surface area contributed by atoms with Crippen molar-refractivity contribution >= 4 is 11.9 Å². The average Bonchev–Trinajstić information content (AvgIpc) is 2.35. The lowest BCUT2D eigenvalue weighted by Gasteiger charge is -2.27. The van der Waals surface area contributed by atoms with Crippen LogP contribution in [-0.4, -0.2) is 51.0 Å². The van der Waals surface area contributed by atoms with E-state index in [-0.39, 0.29) is 5.91 Å². The maximum atomic E-state index is 11.7. The van der Waals surface area contributed by atoms with Crippen molar-refractivity contribution < 1.29 is 4.79 Å². The molecule has 5 heteroatoms. The van der Waals surface area contributed by atoms with Crippen molar-refractivity contribution in [1.29, 1.82) is 0 Å². The molecule has 0 aliphatic heterocycles. The molecule has 5 nitrogen and oxygen atoms in total. The number of hydrogen-bond donors (Lipinski definition) is 2. The number of hydrogen-bond acceptors (Lipinski definition) is 2. The van der Waals surface area contributed by atoms with Crippen LogP contribution in [0.4, 0.5) is 0 Å². The SMILES string of the molecule is CCCCN(C)C(=NC)NCC(C)(C)C(=O)NC. The number of nitrogens with zero attached hydrogens (tertiary/aromatic N) is 2. The Labute approximate surface area is 111 Å². The van der Waals surface area contributed by atoms with E-state index in [9.17, 15) is 4.79 Å². The third-order valence-corrected chi connectivity index (χ3v) is 2.95. The van der Waals surface area contributed by atoms with E-state index in [0.717, 1.165) is 25.3 Å². The van der Waals surface area contributed by atoms with Crippen LogP contribution in [0, 0.1) is 5.41 Å². The third kappa shape index (κ3) is 5.38. The van der Waals surface area contributed by atoms with Gasteiger partial charge in [0.15, 0.2) is 5.96 Å². The first-order chi connectivity index (χ1) is 8.38. The predicted molar refractivity (Wildman–Crippen MR) is 76.7 cm³/mol. The monoisotopic (exact) mass is 256 g/mol. The van der Waals surface area contributed by atoms with Crippen molar-refractivity contribution in [1.82, 2.24) is 15.5 Å². The van der Waals surface area contributed by atoms with E-state index in [0.29, 0.717) is 6.54 Å². The van der Waals surface area contributed by atoms with Crippen molar-refractivity contribution in [2.24, 2.45) is 10.4 Å². The van der Waals surface area contributed by atoms with Gasteiger partial charge in [0.1, 0.15) is 0 Å². The predicted octanol–water partition coefficient (Wildman–Crippen LogP) is 1.07. The van der Waals surface area contributed by atoms with Gasteiger partial charge in [-0.2, -0.15) is 0 Å². The normalized spacial score (nSPS) is 12.2. The van der Waals surface area contributed by atoms with Crippen molar-refractivity contribution in [3.8, 4) is 0 Å². The van der Waals surface area contributed by atoms with E-state index in [1.165, 1.54) is 0 Å². The van der Waals surface area contributed by atoms with Gasteiger partial charge in [-0.05, 0) is 20.3 Å². The number of aliphatic imine (C=N–C) groups is 1. The van der Waals surface area contributed by atoms with Gasteiger partial charge < -0.3 is 15.5 Å². The smallest absolute Gasteiger partial charge is 0.227 e. The Morgan fingerprint density at radius 3 is 2.44 bits per heavy atom. The Morgan fingerprint density at radius 1 is 1.39 bits per heavy atom. The van der Waals surface area contributed by atoms with Crippen LogP contribution in [-0.2, 0) is 4.79 Å². The fraction of sp³-hybridized carbons (Fsp3) is 0.846. The lowest BCUT2D eigenvalue weighted by atomic mass is 9.92. The first-order valence-corrected chi connectivity index (χ1v) is 6.53. The Kier molecular flexibility index (Phi) is 7.39. The number of amides is 1. The molecule has 0 aromatic carbocycles. The van der Waals surface area contributed by atoms with Gasteiger partial charge in [0.2, 0.25) is 5.91 Å². The molecule has 0 rings (SSSR count). The second-order valence-corrected chi connectivity index (χ2v) is 5.14. The van der Waals surface area contributed by atoms with E-state index in [1.54, 1.807) is 14.1 Å². The Balaban J connectivity index is 4.36. The fourth-order valence-electron chi connectivity index (χ4n) is 1.60. The molecule has 0 saturated carbocycles. The standard InChI is InChI=1S/C13H28N4O/c1-7-8-9-17(6)12(15-5)16-10-13(2,3)11(18)14-4/h7-10H2,1-6H3,(H,14,18)(H,15,16). The molecule has 0 saturated heterocycles. The summed E-state index contributed by atoms with van der Waals surface area (Å²) in [5.41, 5.74) is -0.448. The minimum Gasteiger partial charge on any atom is -0.359 e. The van der Waals surface area contributed by atoms with E-state index in [1.807, 2.05) is 20.9 Å². The molecular formula is C13H28N4O. The van der Waals surface area contributed by atoms with Crippen LogP contribution in [0.5, 0.6) is 0 Å². The van der Waals surface area contributed by atoms with Crippen LogP contribution in [0.3, 0.4) is 0 Å². The van der Waals surface area contributed by atoms with Crippen molar-refractivity contribution in [2.45, 2.75) is 33.6 Å². The van der Waals surface area contributed by atoms with Gasteiger partial charge in [-0.25, -0.2) is 0 Å². The van der Waals surface area contributed by atoms with Crippen molar-refractivity contribution in [2.75, 3.05) is 34.2 Å². The van der Waals surface area contributed by atoms with E-state index < -0.39 is 5.41 Å². The van der Waals surface area contributed by atoms with Gasteiger partial charge in [0.05, 0.1) is 5.41 Å². The summed E-state index contributed by atoms with van der Waals surface area (Å²) in [7, 11) is 5.43. The van der Waals surface area contributed by atoms with E-state index in [2.05, 4.69) is 27.4 Å². The highest BCUT2D eigenvalue weighted by molar-refractivity contribution is 5.84. The summed E-state index contributed by atoms with van der Waals surface area (Å²) < 4.78 is 0. The Hall–Kier alpha value is -1.26. The maximum Gasteiger partial charge on any atom is 0.227 e. The summed E-state index contributed by atoms with van der Waals surface area (Å²) in [6, 6.07) is 0. The molecule has 18 heavy (non-hydrogen) atoms. The van der Waals surface area contributed by atoms with Crippen molar-refractivity contribution in [3.05, 3.63) is 0 Å². The average molecular weight is 256 g/mol. The quantitative estimate of drug-likeness (QED) is 0.552. The van der Waals surface area contributed by atoms with Crippen LogP contribution in [0.1, 0.15) is 33.6 Å². The van der Waals surface area contributed by atoms with Crippen LogP contribution in [0.25, 0.3) is 0 Å². The molecule has 0 spiro atoms. The number of unbranched alkanes of at least 4 members (excludes halogenated alkanes) is 1. The first-order valence-electron chi connectivity index (χ1n) is 6.53. The lowest BCUT2D eigenvalue weighted by Crippen LogP contribution is -2.47. The Bertz CT molecular complexity index is 287. The molecule has 2 N–H and O–H groups in total. The number of rotatable bonds is 6. The topological polar surface area (TPSA) is 56.7 Å². The first kappa shape index (κ1) is 16.7. The van der Waals surface area contributed by atoms with Gasteiger partial charge >= 0.3 is 0 Å². The highest BCUT2D eigenvalue weighted by atomic mass is 16.2. The second kappa shape index (κ2) is 7.95.